The summed E-state index contributed by atoms with van der Waals surface area (Å²) in [6.07, 6.45) is 2.02. The van der Waals surface area contributed by atoms with Gasteiger partial charge in [0.25, 0.3) is 0 Å². The van der Waals surface area contributed by atoms with Crippen molar-refractivity contribution >= 4 is 0 Å². The van der Waals surface area contributed by atoms with Gasteiger partial charge >= 0.3 is 0 Å². The summed E-state index contributed by atoms with van der Waals surface area (Å²) in [6.45, 7) is 4.24. The summed E-state index contributed by atoms with van der Waals surface area (Å²) in [4.78, 5) is 0. The molecule has 1 N–H and O–H groups in total. The summed E-state index contributed by atoms with van der Waals surface area (Å²) in [6, 6.07) is 8.01. The topological polar surface area (TPSA) is 17.0 Å². The largest absolute Gasteiger partial charge is 0.351 e. The van der Waals surface area contributed by atoms with Crippen molar-refractivity contribution in [3.63, 3.8) is 0 Å². The van der Waals surface area contributed by atoms with E-state index in [-0.39, 0.29) is 0 Å². The van der Waals surface area contributed by atoms with Crippen LogP contribution in [-0.2, 0) is 19.6 Å². The van der Waals surface area contributed by atoms with E-state index in [1.165, 1.54) is 11.8 Å². The zero-order valence-electron chi connectivity index (χ0n) is 10.3. The van der Waals surface area contributed by atoms with Gasteiger partial charge in [0.05, 0.1) is 0 Å². The first-order valence-electron chi connectivity index (χ1n) is 5.99. The highest BCUT2D eigenvalue weighted by atomic mass is 19.2. The predicted molar refractivity (Wildman–Crippen MR) is 67.0 cm³/mol. The van der Waals surface area contributed by atoms with Crippen LogP contribution >= 0.6 is 0 Å². The van der Waals surface area contributed by atoms with Crippen molar-refractivity contribution in [1.29, 1.82) is 0 Å². The molecule has 0 saturated carbocycles. The molecule has 0 bridgehead atoms. The van der Waals surface area contributed by atoms with Crippen LogP contribution in [0.2, 0.25) is 0 Å². The monoisotopic (exact) mass is 250 g/mol. The number of hydrogen-bond acceptors (Lipinski definition) is 1. The Hall–Kier alpha value is -1.68. The van der Waals surface area contributed by atoms with Crippen molar-refractivity contribution in [3.05, 3.63) is 59.4 Å². The molecule has 96 valence electrons. The maximum atomic E-state index is 13.0. The lowest BCUT2D eigenvalue weighted by atomic mass is 10.2. The summed E-state index contributed by atoms with van der Waals surface area (Å²) in [5, 5.41) is 3.22. The number of aryl methyl sites for hydroxylation is 1. The Morgan fingerprint density at radius 1 is 1.11 bits per heavy atom. The summed E-state index contributed by atoms with van der Waals surface area (Å²) in [5.74, 6) is -1.61. The zero-order chi connectivity index (χ0) is 13.0. The number of benzene rings is 1. The molecular formula is C14H16F2N2. The molecule has 0 amide bonds. The molecule has 0 unspecified atom stereocenters. The van der Waals surface area contributed by atoms with Gasteiger partial charge in [0, 0.05) is 31.5 Å². The van der Waals surface area contributed by atoms with Crippen LogP contribution in [0.15, 0.2) is 36.5 Å². The van der Waals surface area contributed by atoms with Gasteiger partial charge in [0.15, 0.2) is 11.6 Å². The molecule has 2 nitrogen and oxygen atoms in total. The van der Waals surface area contributed by atoms with Crippen LogP contribution in [0.4, 0.5) is 8.78 Å². The van der Waals surface area contributed by atoms with Crippen molar-refractivity contribution in [1.82, 2.24) is 9.88 Å². The maximum Gasteiger partial charge on any atom is 0.159 e. The van der Waals surface area contributed by atoms with E-state index >= 15 is 0 Å². The quantitative estimate of drug-likeness (QED) is 0.863. The third-order valence-corrected chi connectivity index (χ3v) is 2.88. The van der Waals surface area contributed by atoms with Crippen LogP contribution in [0.3, 0.4) is 0 Å². The highest BCUT2D eigenvalue weighted by Gasteiger charge is 2.03. The molecule has 2 rings (SSSR count). The van der Waals surface area contributed by atoms with E-state index in [0.29, 0.717) is 13.1 Å². The number of halogens is 2. The Labute approximate surface area is 105 Å². The molecule has 1 aromatic heterocycles. The van der Waals surface area contributed by atoms with E-state index in [9.17, 15) is 8.78 Å². The van der Waals surface area contributed by atoms with E-state index in [0.717, 1.165) is 18.2 Å². The highest BCUT2D eigenvalue weighted by Crippen LogP contribution is 2.09. The van der Waals surface area contributed by atoms with Gasteiger partial charge in [-0.15, -0.1) is 0 Å². The summed E-state index contributed by atoms with van der Waals surface area (Å²) >= 11 is 0. The number of rotatable bonds is 5. The fourth-order valence-corrected chi connectivity index (χ4v) is 1.90. The van der Waals surface area contributed by atoms with Crippen molar-refractivity contribution in [2.24, 2.45) is 0 Å². The first kappa shape index (κ1) is 12.8. The molecule has 4 heteroatoms. The molecule has 0 fully saturated rings. The first-order chi connectivity index (χ1) is 8.70. The van der Waals surface area contributed by atoms with E-state index in [1.54, 1.807) is 6.07 Å². The molecule has 1 heterocycles. The normalized spacial score (nSPS) is 10.8. The van der Waals surface area contributed by atoms with Crippen LogP contribution in [0.1, 0.15) is 18.2 Å². The summed E-state index contributed by atoms with van der Waals surface area (Å²) < 4.78 is 27.9. The number of hydrogen-bond donors (Lipinski definition) is 1. The van der Waals surface area contributed by atoms with E-state index < -0.39 is 11.6 Å². The Morgan fingerprint density at radius 3 is 2.67 bits per heavy atom. The average molecular weight is 250 g/mol. The molecule has 0 radical (unpaired) electrons. The molecule has 18 heavy (non-hydrogen) atoms. The summed E-state index contributed by atoms with van der Waals surface area (Å²) in [5.41, 5.74) is 1.92. The van der Waals surface area contributed by atoms with Crippen LogP contribution in [0.25, 0.3) is 0 Å². The van der Waals surface area contributed by atoms with Gasteiger partial charge in [-0.05, 0) is 36.8 Å². The van der Waals surface area contributed by atoms with Gasteiger partial charge < -0.3 is 9.88 Å². The van der Waals surface area contributed by atoms with Gasteiger partial charge in [0.2, 0.25) is 0 Å². The summed E-state index contributed by atoms with van der Waals surface area (Å²) in [7, 11) is 0. The molecule has 1 aromatic carbocycles. The molecule has 0 spiro atoms. The highest BCUT2D eigenvalue weighted by molar-refractivity contribution is 5.17. The minimum atomic E-state index is -0.807. The minimum absolute atomic E-state index is 0.520. The van der Waals surface area contributed by atoms with Crippen LogP contribution in [0.5, 0.6) is 0 Å². The van der Waals surface area contributed by atoms with Gasteiger partial charge in [-0.3, -0.25) is 0 Å². The van der Waals surface area contributed by atoms with Crippen LogP contribution in [0, 0.1) is 11.6 Å². The molecular weight excluding hydrogens is 234 g/mol. The van der Waals surface area contributed by atoms with Gasteiger partial charge in [0.1, 0.15) is 0 Å². The smallest absolute Gasteiger partial charge is 0.159 e. The number of nitrogens with one attached hydrogen (secondary N) is 1. The lowest BCUT2D eigenvalue weighted by Gasteiger charge is -2.08. The SMILES string of the molecule is CCn1cccc1CNCc1ccc(F)c(F)c1. The van der Waals surface area contributed by atoms with Gasteiger partial charge in [-0.25, -0.2) is 8.78 Å². The number of aromatic nitrogens is 1. The van der Waals surface area contributed by atoms with Crippen molar-refractivity contribution in [3.8, 4) is 0 Å². The lowest BCUT2D eigenvalue weighted by Crippen LogP contribution is -2.15. The molecule has 0 atom stereocenters. The third kappa shape index (κ3) is 2.96. The van der Waals surface area contributed by atoms with E-state index in [4.69, 9.17) is 0 Å². The maximum absolute atomic E-state index is 13.0. The van der Waals surface area contributed by atoms with Crippen LogP contribution in [-0.4, -0.2) is 4.57 Å². The second kappa shape index (κ2) is 5.78. The third-order valence-electron chi connectivity index (χ3n) is 2.88. The minimum Gasteiger partial charge on any atom is -0.351 e. The van der Waals surface area contributed by atoms with Crippen molar-refractivity contribution < 1.29 is 8.78 Å². The molecule has 0 aliphatic carbocycles. The Kier molecular flexibility index (Phi) is 4.10. The Balaban J connectivity index is 1.90. The van der Waals surface area contributed by atoms with Gasteiger partial charge in [-0.1, -0.05) is 6.07 Å². The van der Waals surface area contributed by atoms with Crippen molar-refractivity contribution in [2.75, 3.05) is 0 Å². The van der Waals surface area contributed by atoms with E-state index in [2.05, 4.69) is 16.8 Å². The fraction of sp³-hybridized carbons (Fsp3) is 0.286. The van der Waals surface area contributed by atoms with Gasteiger partial charge in [-0.2, -0.15) is 0 Å². The second-order valence-corrected chi connectivity index (χ2v) is 4.14. The molecule has 2 aromatic rings. The predicted octanol–water partition coefficient (Wildman–Crippen LogP) is 3.08. The average Bonchev–Trinajstić information content (AvgIpc) is 2.81. The van der Waals surface area contributed by atoms with E-state index in [1.807, 2.05) is 18.3 Å². The first-order valence-corrected chi connectivity index (χ1v) is 5.99. The second-order valence-electron chi connectivity index (χ2n) is 4.14. The molecule has 0 aliphatic rings. The van der Waals surface area contributed by atoms with Crippen LogP contribution < -0.4 is 5.32 Å². The Bertz CT molecular complexity index is 520. The Morgan fingerprint density at radius 2 is 1.94 bits per heavy atom. The fourth-order valence-electron chi connectivity index (χ4n) is 1.90. The molecule has 0 aliphatic heterocycles. The lowest BCUT2D eigenvalue weighted by molar-refractivity contribution is 0.505. The van der Waals surface area contributed by atoms with Crippen molar-refractivity contribution in [2.45, 2.75) is 26.6 Å². The molecule has 0 saturated heterocycles. The number of nitrogens with zero attached hydrogens (tertiary/aromatic N) is 1. The standard InChI is InChI=1S/C14H16F2N2/c1-2-18-7-3-4-12(18)10-17-9-11-5-6-13(15)14(16)8-11/h3-8,17H,2,9-10H2,1H3. The zero-order valence-corrected chi connectivity index (χ0v) is 10.3.